The number of rotatable bonds is 4. The molecule has 0 radical (unpaired) electrons. The predicted octanol–water partition coefficient (Wildman–Crippen LogP) is 3.28. The molecule has 0 atom stereocenters. The molecule has 3 aromatic rings. The van der Waals surface area contributed by atoms with E-state index in [1.165, 1.54) is 0 Å². The number of nitrogens with zero attached hydrogens (tertiary/aromatic N) is 3. The second-order valence-electron chi connectivity index (χ2n) is 5.73. The van der Waals surface area contributed by atoms with Gasteiger partial charge in [0.1, 0.15) is 0 Å². The van der Waals surface area contributed by atoms with Gasteiger partial charge in [-0.1, -0.05) is 42.0 Å². The van der Waals surface area contributed by atoms with Crippen LogP contribution in [0.2, 0.25) is 0 Å². The van der Waals surface area contributed by atoms with Crippen molar-refractivity contribution in [1.29, 1.82) is 0 Å². The summed E-state index contributed by atoms with van der Waals surface area (Å²) in [5, 5.41) is 8.00. The molecule has 3 rings (SSSR count). The maximum atomic E-state index is 12.8. The predicted molar refractivity (Wildman–Crippen MR) is 92.1 cm³/mol. The third-order valence-corrected chi connectivity index (χ3v) is 5.78. The summed E-state index contributed by atoms with van der Waals surface area (Å²) in [7, 11) is -3.68. The Hall–Kier alpha value is -2.47. The molecule has 1 heterocycles. The van der Waals surface area contributed by atoms with Crippen LogP contribution in [0, 0.1) is 13.8 Å². The van der Waals surface area contributed by atoms with Gasteiger partial charge in [0, 0.05) is 0 Å². The summed E-state index contributed by atoms with van der Waals surface area (Å²) in [6, 6.07) is 14.6. The minimum absolute atomic E-state index is 0.00625. The first kappa shape index (κ1) is 16.4. The van der Waals surface area contributed by atoms with Crippen LogP contribution in [0.5, 0.6) is 0 Å². The van der Waals surface area contributed by atoms with Gasteiger partial charge in [-0.3, -0.25) is 0 Å². The molecule has 1 aromatic heterocycles. The zero-order chi connectivity index (χ0) is 17.3. The average Bonchev–Trinajstić information content (AvgIpc) is 2.97. The SMILES string of the molecule is CCc1cccc(-n2nnc(S(=O)(=O)c3ccc(C)cc3)c2C)c1. The molecule has 0 fully saturated rings. The molecular weight excluding hydrogens is 322 g/mol. The van der Waals surface area contributed by atoms with E-state index in [1.54, 1.807) is 35.9 Å². The lowest BCUT2D eigenvalue weighted by Gasteiger charge is -2.06. The van der Waals surface area contributed by atoms with Gasteiger partial charge in [0.05, 0.1) is 16.3 Å². The Kier molecular flexibility index (Phi) is 4.24. The third kappa shape index (κ3) is 2.85. The summed E-state index contributed by atoms with van der Waals surface area (Å²) < 4.78 is 27.2. The quantitative estimate of drug-likeness (QED) is 0.730. The summed E-state index contributed by atoms with van der Waals surface area (Å²) in [4.78, 5) is 0.227. The smallest absolute Gasteiger partial charge is 0.217 e. The van der Waals surface area contributed by atoms with Crippen molar-refractivity contribution in [2.75, 3.05) is 0 Å². The molecule has 2 aromatic carbocycles. The molecule has 124 valence electrons. The molecule has 24 heavy (non-hydrogen) atoms. The number of benzene rings is 2. The van der Waals surface area contributed by atoms with E-state index in [2.05, 4.69) is 17.2 Å². The summed E-state index contributed by atoms with van der Waals surface area (Å²) in [6.07, 6.45) is 0.899. The minimum Gasteiger partial charge on any atom is -0.217 e. The fourth-order valence-electron chi connectivity index (χ4n) is 2.55. The summed E-state index contributed by atoms with van der Waals surface area (Å²) in [5.41, 5.74) is 3.48. The van der Waals surface area contributed by atoms with Crippen LogP contribution in [-0.4, -0.2) is 23.4 Å². The van der Waals surface area contributed by atoms with Gasteiger partial charge in [0.15, 0.2) is 0 Å². The summed E-state index contributed by atoms with van der Waals surface area (Å²) >= 11 is 0. The lowest BCUT2D eigenvalue weighted by Crippen LogP contribution is -2.06. The highest BCUT2D eigenvalue weighted by Crippen LogP contribution is 2.23. The Morgan fingerprint density at radius 3 is 2.42 bits per heavy atom. The molecule has 0 aliphatic rings. The minimum atomic E-state index is -3.68. The molecule has 0 spiro atoms. The molecule has 0 saturated heterocycles. The summed E-state index contributed by atoms with van der Waals surface area (Å²) in [5.74, 6) is 0. The van der Waals surface area contributed by atoms with Crippen LogP contribution < -0.4 is 0 Å². The number of aromatic nitrogens is 3. The normalized spacial score (nSPS) is 11.6. The van der Waals surface area contributed by atoms with Crippen molar-refractivity contribution in [2.24, 2.45) is 0 Å². The highest BCUT2D eigenvalue weighted by Gasteiger charge is 2.25. The van der Waals surface area contributed by atoms with Crippen LogP contribution in [-0.2, 0) is 16.3 Å². The van der Waals surface area contributed by atoms with E-state index in [0.717, 1.165) is 23.2 Å². The van der Waals surface area contributed by atoms with Gasteiger partial charge in [-0.2, -0.15) is 0 Å². The van der Waals surface area contributed by atoms with Crippen molar-refractivity contribution in [3.63, 3.8) is 0 Å². The monoisotopic (exact) mass is 341 g/mol. The average molecular weight is 341 g/mol. The van der Waals surface area contributed by atoms with Crippen LogP contribution in [0.1, 0.15) is 23.7 Å². The number of aryl methyl sites for hydroxylation is 2. The van der Waals surface area contributed by atoms with Crippen LogP contribution in [0.4, 0.5) is 0 Å². The second kappa shape index (κ2) is 6.20. The van der Waals surface area contributed by atoms with Crippen LogP contribution in [0.15, 0.2) is 58.5 Å². The zero-order valence-electron chi connectivity index (χ0n) is 13.9. The maximum absolute atomic E-state index is 12.8. The maximum Gasteiger partial charge on any atom is 0.227 e. The standard InChI is InChI=1S/C18H19N3O2S/c1-4-15-6-5-7-16(12-15)21-14(3)18(19-20-21)24(22,23)17-10-8-13(2)9-11-17/h5-12H,4H2,1-3H3. The Labute approximate surface area is 141 Å². The fraction of sp³-hybridized carbons (Fsp3) is 0.222. The van der Waals surface area contributed by atoms with Gasteiger partial charge in [-0.15, -0.1) is 5.10 Å². The Balaban J connectivity index is 2.08. The van der Waals surface area contributed by atoms with Crippen molar-refractivity contribution in [1.82, 2.24) is 15.0 Å². The first-order valence-electron chi connectivity index (χ1n) is 7.77. The van der Waals surface area contributed by atoms with Gasteiger partial charge in [0.25, 0.3) is 0 Å². The van der Waals surface area contributed by atoms with E-state index in [4.69, 9.17) is 0 Å². The van der Waals surface area contributed by atoms with Gasteiger partial charge < -0.3 is 0 Å². The van der Waals surface area contributed by atoms with Gasteiger partial charge in [-0.25, -0.2) is 13.1 Å². The topological polar surface area (TPSA) is 64.8 Å². The first-order chi connectivity index (χ1) is 11.4. The number of sulfone groups is 1. The lowest BCUT2D eigenvalue weighted by molar-refractivity contribution is 0.591. The molecule has 0 N–H and O–H groups in total. The van der Waals surface area contributed by atoms with Crippen molar-refractivity contribution in [3.05, 3.63) is 65.4 Å². The lowest BCUT2D eigenvalue weighted by atomic mass is 10.1. The molecule has 0 saturated carbocycles. The van der Waals surface area contributed by atoms with E-state index in [1.807, 2.05) is 31.2 Å². The molecular formula is C18H19N3O2S. The van der Waals surface area contributed by atoms with Gasteiger partial charge >= 0.3 is 0 Å². The van der Waals surface area contributed by atoms with E-state index in [-0.39, 0.29) is 9.92 Å². The van der Waals surface area contributed by atoms with E-state index >= 15 is 0 Å². The Bertz CT molecular complexity index is 974. The fourth-order valence-corrected chi connectivity index (χ4v) is 3.88. The third-order valence-electron chi connectivity index (χ3n) is 4.00. The van der Waals surface area contributed by atoms with Crippen LogP contribution >= 0.6 is 0 Å². The molecule has 6 heteroatoms. The van der Waals surface area contributed by atoms with Gasteiger partial charge in [0.2, 0.25) is 14.9 Å². The number of hydrogen-bond donors (Lipinski definition) is 0. The van der Waals surface area contributed by atoms with Crippen LogP contribution in [0.3, 0.4) is 0 Å². The Morgan fingerprint density at radius 2 is 1.75 bits per heavy atom. The molecule has 0 aliphatic heterocycles. The number of hydrogen-bond acceptors (Lipinski definition) is 4. The zero-order valence-corrected chi connectivity index (χ0v) is 14.7. The molecule has 5 nitrogen and oxygen atoms in total. The van der Waals surface area contributed by atoms with Crippen molar-refractivity contribution < 1.29 is 8.42 Å². The van der Waals surface area contributed by atoms with Gasteiger partial charge in [-0.05, 0) is 50.1 Å². The second-order valence-corrected chi connectivity index (χ2v) is 7.60. The molecule has 0 amide bonds. The molecule has 0 unspecified atom stereocenters. The molecule has 0 bridgehead atoms. The van der Waals surface area contributed by atoms with E-state index in [9.17, 15) is 8.42 Å². The van der Waals surface area contributed by atoms with Crippen molar-refractivity contribution >= 4 is 9.84 Å². The largest absolute Gasteiger partial charge is 0.227 e. The van der Waals surface area contributed by atoms with Crippen molar-refractivity contribution in [3.8, 4) is 5.69 Å². The Morgan fingerprint density at radius 1 is 1.04 bits per heavy atom. The summed E-state index contributed by atoms with van der Waals surface area (Å²) in [6.45, 7) is 5.71. The first-order valence-corrected chi connectivity index (χ1v) is 9.25. The highest BCUT2D eigenvalue weighted by molar-refractivity contribution is 7.91. The highest BCUT2D eigenvalue weighted by atomic mass is 32.2. The van der Waals surface area contributed by atoms with Crippen LogP contribution in [0.25, 0.3) is 5.69 Å². The molecule has 0 aliphatic carbocycles. The van der Waals surface area contributed by atoms with E-state index in [0.29, 0.717) is 5.69 Å². The van der Waals surface area contributed by atoms with E-state index < -0.39 is 9.84 Å². The van der Waals surface area contributed by atoms with Crippen molar-refractivity contribution in [2.45, 2.75) is 37.1 Å².